The fraction of sp³-hybridized carbons (Fsp3) is 0.0571. The molecule has 0 aliphatic heterocycles. The molecule has 184 valence electrons. The first-order chi connectivity index (χ1) is 18.7. The van der Waals surface area contributed by atoms with Gasteiger partial charge in [-0.25, -0.2) is 4.98 Å². The molecule has 0 fully saturated rings. The first kappa shape index (κ1) is 23.5. The third kappa shape index (κ3) is 4.74. The van der Waals surface area contributed by atoms with E-state index in [0.29, 0.717) is 0 Å². The van der Waals surface area contributed by atoms with Crippen LogP contribution in [0.2, 0.25) is 0 Å². The van der Waals surface area contributed by atoms with E-state index in [4.69, 9.17) is 4.98 Å². The van der Waals surface area contributed by atoms with Crippen LogP contribution in [0.4, 0.5) is 11.4 Å². The number of hydrogen-bond acceptors (Lipinski definition) is 3. The number of anilines is 2. The quantitative estimate of drug-likeness (QED) is 0.244. The molecule has 0 radical (unpaired) electrons. The van der Waals surface area contributed by atoms with Crippen molar-refractivity contribution in [2.45, 2.75) is 0 Å². The van der Waals surface area contributed by atoms with Gasteiger partial charge in [-0.2, -0.15) is 0 Å². The van der Waals surface area contributed by atoms with Crippen LogP contribution >= 0.6 is 0 Å². The fourth-order valence-corrected chi connectivity index (χ4v) is 4.89. The Morgan fingerprint density at radius 3 is 1.50 bits per heavy atom. The highest BCUT2D eigenvalue weighted by Crippen LogP contribution is 2.33. The molecule has 5 aromatic carbocycles. The average molecular weight is 492 g/mol. The lowest BCUT2D eigenvalue weighted by atomic mass is 9.96. The van der Waals surface area contributed by atoms with E-state index in [1.807, 2.05) is 14.1 Å². The summed E-state index contributed by atoms with van der Waals surface area (Å²) in [5.41, 5.74) is 10.9. The monoisotopic (exact) mass is 491 g/mol. The normalized spacial score (nSPS) is 10.9. The van der Waals surface area contributed by atoms with E-state index in [2.05, 4.69) is 138 Å². The van der Waals surface area contributed by atoms with Gasteiger partial charge in [0.1, 0.15) is 0 Å². The molecule has 2 N–H and O–H groups in total. The average Bonchev–Trinajstić information content (AvgIpc) is 3.00. The molecule has 0 saturated heterocycles. The van der Waals surface area contributed by atoms with Crippen molar-refractivity contribution in [3.8, 4) is 44.8 Å². The molecule has 0 saturated carbocycles. The number of hydrogen-bond donors (Lipinski definition) is 2. The van der Waals surface area contributed by atoms with Crippen molar-refractivity contribution in [3.63, 3.8) is 0 Å². The Hall–Kier alpha value is -4.89. The molecular weight excluding hydrogens is 462 g/mol. The van der Waals surface area contributed by atoms with Crippen molar-refractivity contribution in [2.75, 3.05) is 24.7 Å². The second-order valence-electron chi connectivity index (χ2n) is 9.43. The smallest absolute Gasteiger partial charge is 0.0716 e. The number of nitrogens with one attached hydrogen (secondary N) is 2. The lowest BCUT2D eigenvalue weighted by Gasteiger charge is -2.12. The topological polar surface area (TPSA) is 37.0 Å². The molecule has 6 rings (SSSR count). The molecule has 3 nitrogen and oxygen atoms in total. The third-order valence-corrected chi connectivity index (χ3v) is 7.02. The van der Waals surface area contributed by atoms with Crippen LogP contribution in [0.15, 0.2) is 127 Å². The van der Waals surface area contributed by atoms with Crippen molar-refractivity contribution >= 4 is 22.1 Å². The van der Waals surface area contributed by atoms with E-state index < -0.39 is 0 Å². The van der Waals surface area contributed by atoms with Gasteiger partial charge in [0.05, 0.1) is 11.4 Å². The first-order valence-corrected chi connectivity index (χ1v) is 12.9. The second-order valence-corrected chi connectivity index (χ2v) is 9.43. The highest BCUT2D eigenvalue weighted by atomic mass is 14.8. The summed E-state index contributed by atoms with van der Waals surface area (Å²) in [6.07, 6.45) is 0. The second kappa shape index (κ2) is 10.2. The van der Waals surface area contributed by atoms with E-state index in [1.54, 1.807) is 0 Å². The van der Waals surface area contributed by atoms with Gasteiger partial charge >= 0.3 is 0 Å². The molecule has 0 atom stereocenters. The molecule has 1 heterocycles. The molecule has 38 heavy (non-hydrogen) atoms. The Morgan fingerprint density at radius 2 is 0.921 bits per heavy atom. The van der Waals surface area contributed by atoms with Crippen LogP contribution in [0.1, 0.15) is 0 Å². The maximum Gasteiger partial charge on any atom is 0.0716 e. The maximum atomic E-state index is 5.09. The molecule has 0 unspecified atom stereocenters. The van der Waals surface area contributed by atoms with E-state index in [0.717, 1.165) is 45.0 Å². The lowest BCUT2D eigenvalue weighted by Crippen LogP contribution is -1.94. The van der Waals surface area contributed by atoms with Gasteiger partial charge in [0.15, 0.2) is 0 Å². The molecule has 0 bridgehead atoms. The van der Waals surface area contributed by atoms with Gasteiger partial charge in [0.25, 0.3) is 0 Å². The van der Waals surface area contributed by atoms with E-state index in [9.17, 15) is 0 Å². The molecule has 0 aliphatic carbocycles. The highest BCUT2D eigenvalue weighted by Gasteiger charge is 2.11. The molecular formula is C35H29N3. The summed E-state index contributed by atoms with van der Waals surface area (Å²) in [7, 11) is 3.88. The zero-order valence-corrected chi connectivity index (χ0v) is 21.6. The largest absolute Gasteiger partial charge is 0.388 e. The summed E-state index contributed by atoms with van der Waals surface area (Å²) in [5, 5.41) is 9.00. The van der Waals surface area contributed by atoms with Crippen LogP contribution in [0.3, 0.4) is 0 Å². The van der Waals surface area contributed by atoms with Gasteiger partial charge in [0, 0.05) is 36.6 Å². The van der Waals surface area contributed by atoms with Crippen molar-refractivity contribution in [3.05, 3.63) is 127 Å². The zero-order valence-electron chi connectivity index (χ0n) is 21.6. The summed E-state index contributed by atoms with van der Waals surface area (Å²) < 4.78 is 0. The maximum absolute atomic E-state index is 5.09. The van der Waals surface area contributed by atoms with E-state index in [-0.39, 0.29) is 0 Å². The van der Waals surface area contributed by atoms with E-state index in [1.165, 1.54) is 21.9 Å². The van der Waals surface area contributed by atoms with Gasteiger partial charge in [-0.3, -0.25) is 0 Å². The number of rotatable bonds is 6. The molecule has 1 aromatic heterocycles. The number of fused-ring (bicyclic) bond motifs is 1. The summed E-state index contributed by atoms with van der Waals surface area (Å²) in [6, 6.07) is 45.1. The van der Waals surface area contributed by atoms with Crippen molar-refractivity contribution in [2.24, 2.45) is 0 Å². The standard InChI is InChI=1S/C35H29N3/c1-36-32-11-5-9-29(20-32)34-22-31(23-35(38-34)30-10-6-12-33(21-30)37-2)26-15-13-25(14-16-26)28-18-17-24-7-3-4-8-27(24)19-28/h3-23,36-37H,1-2H3. The number of benzene rings is 5. The first-order valence-electron chi connectivity index (χ1n) is 12.9. The summed E-state index contributed by atoms with van der Waals surface area (Å²) in [5.74, 6) is 0. The Labute approximate surface area is 223 Å². The SMILES string of the molecule is CNc1cccc(-c2cc(-c3ccc(-c4ccc5ccccc5c4)cc3)cc(-c3cccc(NC)c3)n2)c1. The highest BCUT2D eigenvalue weighted by molar-refractivity contribution is 5.88. The van der Waals surface area contributed by atoms with Crippen molar-refractivity contribution < 1.29 is 0 Å². The predicted molar refractivity (Wildman–Crippen MR) is 163 cm³/mol. The van der Waals surface area contributed by atoms with Gasteiger partial charge < -0.3 is 10.6 Å². The molecule has 6 aromatic rings. The Bertz CT molecular complexity index is 1670. The summed E-state index contributed by atoms with van der Waals surface area (Å²) in [6.45, 7) is 0. The fourth-order valence-electron chi connectivity index (χ4n) is 4.89. The minimum absolute atomic E-state index is 0.947. The summed E-state index contributed by atoms with van der Waals surface area (Å²) >= 11 is 0. The van der Waals surface area contributed by atoms with Crippen LogP contribution in [-0.2, 0) is 0 Å². The van der Waals surface area contributed by atoms with Gasteiger partial charge in [-0.15, -0.1) is 0 Å². The van der Waals surface area contributed by atoms with Crippen molar-refractivity contribution in [1.29, 1.82) is 0 Å². The molecule has 0 spiro atoms. The number of pyridine rings is 1. The zero-order chi connectivity index (χ0) is 25.9. The summed E-state index contributed by atoms with van der Waals surface area (Å²) in [4.78, 5) is 5.09. The lowest BCUT2D eigenvalue weighted by molar-refractivity contribution is 1.32. The molecule has 0 amide bonds. The van der Waals surface area contributed by atoms with Crippen LogP contribution in [-0.4, -0.2) is 19.1 Å². The molecule has 0 aliphatic rings. The molecule has 3 heteroatoms. The number of nitrogens with zero attached hydrogens (tertiary/aromatic N) is 1. The van der Waals surface area contributed by atoms with Gasteiger partial charge in [0.2, 0.25) is 0 Å². The predicted octanol–water partition coefficient (Wildman–Crippen LogP) is 8.99. The van der Waals surface area contributed by atoms with Crippen LogP contribution < -0.4 is 10.6 Å². The van der Waals surface area contributed by atoms with Gasteiger partial charge in [-0.05, 0) is 75.5 Å². The number of aromatic nitrogens is 1. The Morgan fingerprint density at radius 1 is 0.395 bits per heavy atom. The van der Waals surface area contributed by atoms with Crippen LogP contribution in [0, 0.1) is 0 Å². The minimum Gasteiger partial charge on any atom is -0.388 e. The Kier molecular flexibility index (Phi) is 6.33. The van der Waals surface area contributed by atoms with Gasteiger partial charge in [-0.1, -0.05) is 84.9 Å². The Balaban J connectivity index is 1.43. The van der Waals surface area contributed by atoms with Crippen molar-refractivity contribution in [1.82, 2.24) is 4.98 Å². The third-order valence-electron chi connectivity index (χ3n) is 7.02. The van der Waals surface area contributed by atoms with E-state index >= 15 is 0 Å². The van der Waals surface area contributed by atoms with Crippen LogP contribution in [0.5, 0.6) is 0 Å². The minimum atomic E-state index is 0.947. The van der Waals surface area contributed by atoms with Crippen LogP contribution in [0.25, 0.3) is 55.5 Å².